The van der Waals surface area contributed by atoms with Crippen LogP contribution < -0.4 is 10.2 Å². The van der Waals surface area contributed by atoms with Gasteiger partial charge in [0.05, 0.1) is 17.7 Å². The standard InChI is InChI=1S/C12H15N3O/c13-7-10-2-1-3-11(6-10)15-5-4-14-8-12(16)9-15/h1-3,6,12,14,16H,4-5,8-9H2. The smallest absolute Gasteiger partial charge is 0.0992 e. The molecule has 4 nitrogen and oxygen atoms in total. The number of nitriles is 1. The molecule has 0 radical (unpaired) electrons. The van der Waals surface area contributed by atoms with Gasteiger partial charge in [-0.3, -0.25) is 0 Å². The van der Waals surface area contributed by atoms with Crippen molar-refractivity contribution in [3.05, 3.63) is 29.8 Å². The number of hydrogen-bond donors (Lipinski definition) is 2. The molecule has 1 atom stereocenters. The predicted molar refractivity (Wildman–Crippen MR) is 62.2 cm³/mol. The van der Waals surface area contributed by atoms with Gasteiger partial charge in [-0.05, 0) is 18.2 Å². The molecule has 1 fully saturated rings. The normalized spacial score (nSPS) is 21.2. The number of nitrogens with zero attached hydrogens (tertiary/aromatic N) is 2. The monoisotopic (exact) mass is 217 g/mol. The average Bonchev–Trinajstić information content (AvgIpc) is 2.54. The highest BCUT2D eigenvalue weighted by atomic mass is 16.3. The van der Waals surface area contributed by atoms with Crippen molar-refractivity contribution in [1.82, 2.24) is 5.32 Å². The molecule has 0 aromatic heterocycles. The Bertz CT molecular complexity index is 399. The van der Waals surface area contributed by atoms with Crippen molar-refractivity contribution in [2.75, 3.05) is 31.1 Å². The summed E-state index contributed by atoms with van der Waals surface area (Å²) in [5.41, 5.74) is 1.66. The van der Waals surface area contributed by atoms with Gasteiger partial charge in [0.25, 0.3) is 0 Å². The fraction of sp³-hybridized carbons (Fsp3) is 0.417. The maximum Gasteiger partial charge on any atom is 0.0992 e. The Hall–Kier alpha value is -1.57. The van der Waals surface area contributed by atoms with Crippen LogP contribution in [0, 0.1) is 11.3 Å². The van der Waals surface area contributed by atoms with Gasteiger partial charge in [0.15, 0.2) is 0 Å². The molecule has 1 aliphatic rings. The van der Waals surface area contributed by atoms with E-state index in [0.717, 1.165) is 18.8 Å². The molecule has 0 amide bonds. The number of aliphatic hydroxyl groups excluding tert-OH is 1. The predicted octanol–water partition coefficient (Wildman–Crippen LogP) is 0.329. The summed E-state index contributed by atoms with van der Waals surface area (Å²) in [7, 11) is 0. The van der Waals surface area contributed by atoms with Crippen molar-refractivity contribution in [1.29, 1.82) is 5.26 Å². The van der Waals surface area contributed by atoms with E-state index < -0.39 is 0 Å². The summed E-state index contributed by atoms with van der Waals surface area (Å²) in [6.45, 7) is 2.95. The largest absolute Gasteiger partial charge is 0.390 e. The third-order valence-electron chi connectivity index (χ3n) is 2.71. The van der Waals surface area contributed by atoms with Crippen molar-refractivity contribution >= 4 is 5.69 Å². The first-order chi connectivity index (χ1) is 7.79. The maximum absolute atomic E-state index is 9.68. The molecule has 0 bridgehead atoms. The van der Waals surface area contributed by atoms with Crippen LogP contribution in [0.3, 0.4) is 0 Å². The van der Waals surface area contributed by atoms with Gasteiger partial charge in [-0.25, -0.2) is 0 Å². The molecular formula is C12H15N3O. The lowest BCUT2D eigenvalue weighted by atomic mass is 10.2. The van der Waals surface area contributed by atoms with Crippen LogP contribution in [0.4, 0.5) is 5.69 Å². The van der Waals surface area contributed by atoms with Gasteiger partial charge in [-0.1, -0.05) is 6.07 Å². The van der Waals surface area contributed by atoms with Crippen LogP contribution in [0.2, 0.25) is 0 Å². The Morgan fingerprint density at radius 1 is 1.50 bits per heavy atom. The molecule has 1 aliphatic heterocycles. The second-order valence-electron chi connectivity index (χ2n) is 3.97. The molecule has 1 aromatic carbocycles. The van der Waals surface area contributed by atoms with E-state index in [1.807, 2.05) is 18.2 Å². The topological polar surface area (TPSA) is 59.3 Å². The molecule has 16 heavy (non-hydrogen) atoms. The highest BCUT2D eigenvalue weighted by molar-refractivity contribution is 5.51. The number of β-amino-alcohol motifs (C(OH)–C–C–N with tert-alkyl or cyclic N) is 1. The number of rotatable bonds is 1. The number of nitrogens with one attached hydrogen (secondary N) is 1. The SMILES string of the molecule is N#Cc1cccc(N2CCNCC(O)C2)c1. The van der Waals surface area contributed by atoms with Gasteiger partial charge in [0.2, 0.25) is 0 Å². The number of benzene rings is 1. The quantitative estimate of drug-likeness (QED) is 0.711. The summed E-state index contributed by atoms with van der Waals surface area (Å²) >= 11 is 0. The molecule has 1 heterocycles. The van der Waals surface area contributed by atoms with E-state index in [9.17, 15) is 5.11 Å². The minimum absolute atomic E-state index is 0.353. The summed E-state index contributed by atoms with van der Waals surface area (Å²) in [5, 5.41) is 21.7. The van der Waals surface area contributed by atoms with Crippen LogP contribution in [0.1, 0.15) is 5.56 Å². The van der Waals surface area contributed by atoms with Gasteiger partial charge in [-0.15, -0.1) is 0 Å². The summed E-state index contributed by atoms with van der Waals surface area (Å²) in [5.74, 6) is 0. The van der Waals surface area contributed by atoms with Gasteiger partial charge >= 0.3 is 0 Å². The average molecular weight is 217 g/mol. The maximum atomic E-state index is 9.68. The van der Waals surface area contributed by atoms with E-state index in [1.165, 1.54) is 0 Å². The third-order valence-corrected chi connectivity index (χ3v) is 2.71. The molecule has 4 heteroatoms. The Morgan fingerprint density at radius 2 is 2.38 bits per heavy atom. The summed E-state index contributed by atoms with van der Waals surface area (Å²) in [6, 6.07) is 9.62. The fourth-order valence-electron chi connectivity index (χ4n) is 1.90. The second-order valence-corrected chi connectivity index (χ2v) is 3.97. The van der Waals surface area contributed by atoms with Crippen LogP contribution in [0.5, 0.6) is 0 Å². The number of hydrogen-bond acceptors (Lipinski definition) is 4. The molecule has 2 rings (SSSR count). The zero-order valence-corrected chi connectivity index (χ0v) is 9.06. The second kappa shape index (κ2) is 4.97. The number of anilines is 1. The van der Waals surface area contributed by atoms with Crippen LogP contribution in [-0.4, -0.2) is 37.4 Å². The van der Waals surface area contributed by atoms with Crippen molar-refractivity contribution in [3.8, 4) is 6.07 Å². The minimum atomic E-state index is -0.353. The first-order valence-electron chi connectivity index (χ1n) is 5.43. The molecule has 0 aliphatic carbocycles. The van der Waals surface area contributed by atoms with Crippen LogP contribution >= 0.6 is 0 Å². The van der Waals surface area contributed by atoms with E-state index in [1.54, 1.807) is 6.07 Å². The Kier molecular flexibility index (Phi) is 3.40. The molecule has 0 saturated carbocycles. The van der Waals surface area contributed by atoms with E-state index >= 15 is 0 Å². The number of aliphatic hydroxyl groups is 1. The minimum Gasteiger partial charge on any atom is -0.390 e. The van der Waals surface area contributed by atoms with E-state index in [-0.39, 0.29) is 6.10 Å². The van der Waals surface area contributed by atoms with E-state index in [0.29, 0.717) is 18.7 Å². The van der Waals surface area contributed by atoms with Crippen LogP contribution in [-0.2, 0) is 0 Å². The molecule has 2 N–H and O–H groups in total. The van der Waals surface area contributed by atoms with Crippen molar-refractivity contribution in [2.24, 2.45) is 0 Å². The van der Waals surface area contributed by atoms with E-state index in [2.05, 4.69) is 16.3 Å². The lowest BCUT2D eigenvalue weighted by molar-refractivity contribution is 0.185. The third kappa shape index (κ3) is 2.51. The Morgan fingerprint density at radius 3 is 3.19 bits per heavy atom. The lowest BCUT2D eigenvalue weighted by Crippen LogP contribution is -2.32. The molecular weight excluding hydrogens is 202 g/mol. The van der Waals surface area contributed by atoms with E-state index in [4.69, 9.17) is 5.26 Å². The highest BCUT2D eigenvalue weighted by Gasteiger charge is 2.15. The van der Waals surface area contributed by atoms with Crippen LogP contribution in [0.15, 0.2) is 24.3 Å². The Labute approximate surface area is 95.1 Å². The van der Waals surface area contributed by atoms with Gasteiger partial charge < -0.3 is 15.3 Å². The van der Waals surface area contributed by atoms with Crippen molar-refractivity contribution in [2.45, 2.75) is 6.10 Å². The van der Waals surface area contributed by atoms with Crippen LogP contribution in [0.25, 0.3) is 0 Å². The molecule has 84 valence electrons. The first kappa shape index (κ1) is 10.9. The zero-order valence-electron chi connectivity index (χ0n) is 9.06. The summed E-state index contributed by atoms with van der Waals surface area (Å²) < 4.78 is 0. The Balaban J connectivity index is 2.18. The fourth-order valence-corrected chi connectivity index (χ4v) is 1.90. The van der Waals surface area contributed by atoms with Gasteiger partial charge in [0.1, 0.15) is 0 Å². The van der Waals surface area contributed by atoms with Crippen molar-refractivity contribution in [3.63, 3.8) is 0 Å². The summed E-state index contributed by atoms with van der Waals surface area (Å²) in [6.07, 6.45) is -0.353. The lowest BCUT2D eigenvalue weighted by Gasteiger charge is -2.24. The van der Waals surface area contributed by atoms with Crippen molar-refractivity contribution < 1.29 is 5.11 Å². The molecule has 1 saturated heterocycles. The van der Waals surface area contributed by atoms with Gasteiger partial charge in [0, 0.05) is 31.9 Å². The molecule has 1 aromatic rings. The summed E-state index contributed by atoms with van der Waals surface area (Å²) in [4.78, 5) is 2.10. The zero-order chi connectivity index (χ0) is 11.4. The molecule has 1 unspecified atom stereocenters. The molecule has 0 spiro atoms. The van der Waals surface area contributed by atoms with Gasteiger partial charge in [-0.2, -0.15) is 5.26 Å². The first-order valence-corrected chi connectivity index (χ1v) is 5.43. The highest BCUT2D eigenvalue weighted by Crippen LogP contribution is 2.16.